The summed E-state index contributed by atoms with van der Waals surface area (Å²) in [4.78, 5) is 21.4. The molecule has 12 heteroatoms. The number of rotatable bonds is 4. The standard InChI is InChI=1S/C22H18F4N6O2/c23-12-8-9-17(34-22(24,25)26)14(11-12)18-30-19-13-5-1-2-6-15(13)28-21(32(19)31-18)29-16-7-3-4-10-27-20(16)33/h1-2,5-6,8-9,11,16H,3-4,7,10H2,(H,27,33)(H,28,29)/t16-/m1/s1. The van der Waals surface area contributed by atoms with Gasteiger partial charge >= 0.3 is 6.36 Å². The minimum atomic E-state index is -4.99. The number of alkyl halides is 3. The summed E-state index contributed by atoms with van der Waals surface area (Å²) in [7, 11) is 0. The summed E-state index contributed by atoms with van der Waals surface area (Å²) in [5, 5.41) is 10.8. The Balaban J connectivity index is 1.67. The topological polar surface area (TPSA) is 93.4 Å². The van der Waals surface area contributed by atoms with Crippen LogP contribution in [0.4, 0.5) is 23.5 Å². The minimum absolute atomic E-state index is 0.184. The van der Waals surface area contributed by atoms with Crippen LogP contribution in [0.2, 0.25) is 0 Å². The van der Waals surface area contributed by atoms with Gasteiger partial charge in [-0.05, 0) is 49.6 Å². The van der Waals surface area contributed by atoms with Crippen molar-refractivity contribution in [2.45, 2.75) is 31.7 Å². The van der Waals surface area contributed by atoms with Crippen LogP contribution in [-0.2, 0) is 4.79 Å². The number of carbonyl (C=O) groups excluding carboxylic acids is 1. The molecular formula is C22H18F4N6O2. The van der Waals surface area contributed by atoms with E-state index in [1.54, 1.807) is 24.3 Å². The maximum absolute atomic E-state index is 14.0. The second-order valence-corrected chi connectivity index (χ2v) is 7.80. The second-order valence-electron chi connectivity index (χ2n) is 7.80. The van der Waals surface area contributed by atoms with Crippen molar-refractivity contribution in [3.05, 3.63) is 48.3 Å². The van der Waals surface area contributed by atoms with Gasteiger partial charge in [-0.25, -0.2) is 14.4 Å². The monoisotopic (exact) mass is 474 g/mol. The number of hydrogen-bond acceptors (Lipinski definition) is 6. The highest BCUT2D eigenvalue weighted by atomic mass is 19.4. The Labute approximate surface area is 190 Å². The molecule has 0 saturated carbocycles. The molecule has 1 fully saturated rings. The highest BCUT2D eigenvalue weighted by Gasteiger charge is 2.33. The number of amides is 1. The lowest BCUT2D eigenvalue weighted by Crippen LogP contribution is -2.38. The Morgan fingerprint density at radius 3 is 2.76 bits per heavy atom. The highest BCUT2D eigenvalue weighted by Crippen LogP contribution is 2.34. The van der Waals surface area contributed by atoms with Crippen LogP contribution in [0.15, 0.2) is 42.5 Å². The largest absolute Gasteiger partial charge is 0.573 e. The molecule has 176 valence electrons. The van der Waals surface area contributed by atoms with E-state index >= 15 is 0 Å². The van der Waals surface area contributed by atoms with Crippen molar-refractivity contribution < 1.29 is 27.1 Å². The molecule has 2 N–H and O–H groups in total. The van der Waals surface area contributed by atoms with Crippen LogP contribution in [0, 0.1) is 5.82 Å². The summed E-state index contributed by atoms with van der Waals surface area (Å²) < 4.78 is 58.1. The predicted octanol–water partition coefficient (Wildman–Crippen LogP) is 4.06. The van der Waals surface area contributed by atoms with Crippen LogP contribution in [0.25, 0.3) is 27.9 Å². The van der Waals surface area contributed by atoms with Crippen LogP contribution in [0.3, 0.4) is 0 Å². The molecule has 2 aromatic carbocycles. The van der Waals surface area contributed by atoms with E-state index in [1.165, 1.54) is 4.52 Å². The molecule has 1 aliphatic rings. The molecule has 0 spiro atoms. The quantitative estimate of drug-likeness (QED) is 0.434. The first-order valence-electron chi connectivity index (χ1n) is 10.5. The van der Waals surface area contributed by atoms with Gasteiger partial charge in [-0.15, -0.1) is 18.3 Å². The number of fused-ring (bicyclic) bond motifs is 3. The molecule has 8 nitrogen and oxygen atoms in total. The highest BCUT2D eigenvalue weighted by molar-refractivity contribution is 5.93. The Morgan fingerprint density at radius 1 is 1.12 bits per heavy atom. The molecule has 5 rings (SSSR count). The van der Waals surface area contributed by atoms with Gasteiger partial charge in [-0.3, -0.25) is 4.79 Å². The summed E-state index contributed by atoms with van der Waals surface area (Å²) in [6.07, 6.45) is -2.76. The number of hydrogen-bond donors (Lipinski definition) is 2. The van der Waals surface area contributed by atoms with Crippen LogP contribution in [0.5, 0.6) is 5.75 Å². The van der Waals surface area contributed by atoms with Crippen molar-refractivity contribution in [3.63, 3.8) is 0 Å². The number of nitrogens with zero attached hydrogens (tertiary/aromatic N) is 4. The van der Waals surface area contributed by atoms with Crippen molar-refractivity contribution in [2.24, 2.45) is 0 Å². The Kier molecular flexibility index (Phi) is 5.42. The molecule has 0 bridgehead atoms. The third kappa shape index (κ3) is 4.30. The molecule has 0 radical (unpaired) electrons. The van der Waals surface area contributed by atoms with E-state index in [9.17, 15) is 22.4 Å². The van der Waals surface area contributed by atoms with Gasteiger partial charge in [0.15, 0.2) is 11.5 Å². The van der Waals surface area contributed by atoms with Gasteiger partial charge in [0.25, 0.3) is 0 Å². The summed E-state index contributed by atoms with van der Waals surface area (Å²) in [5.74, 6) is -1.61. The maximum Gasteiger partial charge on any atom is 0.573 e. The lowest BCUT2D eigenvalue weighted by atomic mass is 10.1. The average molecular weight is 474 g/mol. The van der Waals surface area contributed by atoms with Crippen LogP contribution >= 0.6 is 0 Å². The fourth-order valence-electron chi connectivity index (χ4n) is 3.89. The fourth-order valence-corrected chi connectivity index (χ4v) is 3.89. The van der Waals surface area contributed by atoms with Crippen LogP contribution in [-0.4, -0.2) is 44.4 Å². The zero-order valence-corrected chi connectivity index (χ0v) is 17.6. The predicted molar refractivity (Wildman–Crippen MR) is 115 cm³/mol. The molecule has 1 amide bonds. The molecule has 0 unspecified atom stereocenters. The van der Waals surface area contributed by atoms with Crippen molar-refractivity contribution in [1.29, 1.82) is 0 Å². The summed E-state index contributed by atoms with van der Waals surface area (Å²) in [6.45, 7) is 0.576. The van der Waals surface area contributed by atoms with Gasteiger partial charge in [0.2, 0.25) is 11.9 Å². The summed E-state index contributed by atoms with van der Waals surface area (Å²) in [5.41, 5.74) is 0.541. The summed E-state index contributed by atoms with van der Waals surface area (Å²) >= 11 is 0. The number of nitrogens with one attached hydrogen (secondary N) is 2. The first-order chi connectivity index (χ1) is 16.3. The molecular weight excluding hydrogens is 456 g/mol. The van der Waals surface area contributed by atoms with Crippen molar-refractivity contribution in [1.82, 2.24) is 24.9 Å². The van der Waals surface area contributed by atoms with Gasteiger partial charge in [-0.1, -0.05) is 12.1 Å². The van der Waals surface area contributed by atoms with Crippen molar-refractivity contribution in [3.8, 4) is 17.1 Å². The number of benzene rings is 2. The zero-order valence-electron chi connectivity index (χ0n) is 17.6. The number of carbonyl (C=O) groups is 1. The Hall–Kier alpha value is -3.96. The van der Waals surface area contributed by atoms with Gasteiger partial charge in [-0.2, -0.15) is 4.52 Å². The second kappa shape index (κ2) is 8.43. The molecule has 0 aliphatic carbocycles. The Bertz CT molecular complexity index is 1390. The molecule has 1 atom stereocenters. The van der Waals surface area contributed by atoms with E-state index in [2.05, 4.69) is 30.4 Å². The normalized spacial score (nSPS) is 16.9. The molecule has 2 aromatic heterocycles. The molecule has 1 saturated heterocycles. The van der Waals surface area contributed by atoms with E-state index < -0.39 is 24.0 Å². The third-order valence-corrected chi connectivity index (χ3v) is 5.43. The first kappa shape index (κ1) is 21.9. The fraction of sp³-hybridized carbons (Fsp3) is 0.273. The summed E-state index contributed by atoms with van der Waals surface area (Å²) in [6, 6.07) is 9.02. The van der Waals surface area contributed by atoms with E-state index in [-0.39, 0.29) is 28.9 Å². The van der Waals surface area contributed by atoms with E-state index in [0.29, 0.717) is 23.9 Å². The number of halogens is 4. The van der Waals surface area contributed by atoms with Gasteiger partial charge in [0.05, 0.1) is 11.1 Å². The van der Waals surface area contributed by atoms with Gasteiger partial charge in [0.1, 0.15) is 17.6 Å². The number of aromatic nitrogens is 4. The van der Waals surface area contributed by atoms with Crippen molar-refractivity contribution >= 4 is 28.4 Å². The number of para-hydroxylation sites is 1. The smallest absolute Gasteiger partial charge is 0.405 e. The lowest BCUT2D eigenvalue weighted by molar-refractivity contribution is -0.274. The maximum atomic E-state index is 14.0. The van der Waals surface area contributed by atoms with E-state index in [0.717, 1.165) is 31.0 Å². The van der Waals surface area contributed by atoms with Gasteiger partial charge in [0, 0.05) is 11.9 Å². The third-order valence-electron chi connectivity index (χ3n) is 5.43. The molecule has 1 aliphatic heterocycles. The molecule has 34 heavy (non-hydrogen) atoms. The van der Waals surface area contributed by atoms with Crippen LogP contribution < -0.4 is 15.4 Å². The van der Waals surface area contributed by atoms with Crippen LogP contribution in [0.1, 0.15) is 19.3 Å². The Morgan fingerprint density at radius 2 is 1.94 bits per heavy atom. The minimum Gasteiger partial charge on any atom is -0.405 e. The zero-order chi connectivity index (χ0) is 23.9. The first-order valence-corrected chi connectivity index (χ1v) is 10.5. The van der Waals surface area contributed by atoms with E-state index in [1.807, 2.05) is 0 Å². The average Bonchev–Trinajstić information content (AvgIpc) is 3.14. The SMILES string of the molecule is O=C1NCCCC[C@H]1Nc1nc2ccccc2c2nc(-c3cc(F)ccc3OC(F)(F)F)nn12. The van der Waals surface area contributed by atoms with Gasteiger partial charge < -0.3 is 15.4 Å². The molecule has 4 aromatic rings. The molecule has 3 heterocycles. The van der Waals surface area contributed by atoms with Crippen molar-refractivity contribution in [2.75, 3.05) is 11.9 Å². The van der Waals surface area contributed by atoms with E-state index in [4.69, 9.17) is 0 Å². The lowest BCUT2D eigenvalue weighted by Gasteiger charge is -2.16. The number of anilines is 1. The number of ether oxygens (including phenoxy) is 1.